The normalized spacial score (nSPS) is 24.6. The molecule has 2 rings (SSSR count). The molecular weight excluding hydrogens is 286 g/mol. The summed E-state index contributed by atoms with van der Waals surface area (Å²) in [4.78, 5) is 14.5. The van der Waals surface area contributed by atoms with Gasteiger partial charge in [0.25, 0.3) is 5.91 Å². The van der Waals surface area contributed by atoms with Crippen molar-refractivity contribution in [3.63, 3.8) is 0 Å². The molecule has 0 aromatic carbocycles. The smallest absolute Gasteiger partial charge is 0.261 e. The number of hydrogen-bond acceptors (Lipinski definition) is 2. The van der Waals surface area contributed by atoms with Gasteiger partial charge in [0.05, 0.1) is 4.88 Å². The Labute approximate surface area is 109 Å². The predicted molar refractivity (Wildman–Crippen MR) is 71.5 cm³/mol. The van der Waals surface area contributed by atoms with E-state index in [1.54, 1.807) is 11.3 Å². The summed E-state index contributed by atoms with van der Waals surface area (Å²) in [6.07, 6.45) is 4.46. The molecule has 1 aromatic heterocycles. The molecule has 0 saturated heterocycles. The molecule has 1 aliphatic carbocycles. The zero-order valence-corrected chi connectivity index (χ0v) is 11.7. The van der Waals surface area contributed by atoms with Crippen molar-refractivity contribution in [3.8, 4) is 0 Å². The summed E-state index contributed by atoms with van der Waals surface area (Å²) in [5.74, 6) is 0.0843. The lowest BCUT2D eigenvalue weighted by Crippen LogP contribution is -2.37. The number of alkyl halides is 1. The van der Waals surface area contributed by atoms with E-state index in [2.05, 4.69) is 28.2 Å². The first-order chi connectivity index (χ1) is 7.70. The van der Waals surface area contributed by atoms with Crippen molar-refractivity contribution in [2.45, 2.75) is 43.5 Å². The topological polar surface area (TPSA) is 29.1 Å². The lowest BCUT2D eigenvalue weighted by atomic mass is 10.2. The lowest BCUT2D eigenvalue weighted by molar-refractivity contribution is 0.0943. The van der Waals surface area contributed by atoms with Crippen molar-refractivity contribution in [2.75, 3.05) is 0 Å². The maximum Gasteiger partial charge on any atom is 0.261 e. The second-order valence-corrected chi connectivity index (χ2v) is 6.49. The van der Waals surface area contributed by atoms with Crippen molar-refractivity contribution >= 4 is 33.2 Å². The molecule has 0 radical (unpaired) electrons. The van der Waals surface area contributed by atoms with Gasteiger partial charge in [0, 0.05) is 15.7 Å². The van der Waals surface area contributed by atoms with Gasteiger partial charge in [-0.1, -0.05) is 29.3 Å². The minimum Gasteiger partial charge on any atom is -0.347 e. The van der Waals surface area contributed by atoms with Crippen LogP contribution >= 0.6 is 27.3 Å². The Balaban J connectivity index is 1.97. The van der Waals surface area contributed by atoms with Gasteiger partial charge in [-0.15, -0.1) is 11.3 Å². The van der Waals surface area contributed by atoms with E-state index in [0.29, 0.717) is 10.9 Å². The second kappa shape index (κ2) is 5.32. The Bertz CT molecular complexity index is 377. The minimum absolute atomic E-state index is 0.0843. The highest BCUT2D eigenvalue weighted by atomic mass is 79.9. The van der Waals surface area contributed by atoms with Crippen LogP contribution in [-0.2, 0) is 6.42 Å². The van der Waals surface area contributed by atoms with Gasteiger partial charge in [0.15, 0.2) is 0 Å². The van der Waals surface area contributed by atoms with Gasteiger partial charge in [-0.05, 0) is 31.4 Å². The zero-order valence-electron chi connectivity index (χ0n) is 9.33. The number of nitrogens with one attached hydrogen (secondary N) is 1. The van der Waals surface area contributed by atoms with Gasteiger partial charge in [-0.25, -0.2) is 0 Å². The summed E-state index contributed by atoms with van der Waals surface area (Å²) in [6, 6.07) is 4.27. The van der Waals surface area contributed by atoms with Crippen LogP contribution in [0.5, 0.6) is 0 Å². The fraction of sp³-hybridized carbons (Fsp3) is 0.583. The van der Waals surface area contributed by atoms with E-state index in [0.717, 1.165) is 24.1 Å². The molecule has 0 spiro atoms. The molecule has 0 aliphatic heterocycles. The molecule has 1 aliphatic rings. The third kappa shape index (κ3) is 2.66. The molecule has 16 heavy (non-hydrogen) atoms. The number of halogens is 1. The number of carbonyl (C=O) groups is 1. The van der Waals surface area contributed by atoms with Gasteiger partial charge in [-0.2, -0.15) is 0 Å². The van der Waals surface area contributed by atoms with Crippen LogP contribution in [0.1, 0.15) is 40.7 Å². The summed E-state index contributed by atoms with van der Waals surface area (Å²) in [6.45, 7) is 2.11. The SMILES string of the molecule is CCc1ccc(C(=O)NC2CCCC2Br)s1. The van der Waals surface area contributed by atoms with Crippen LogP contribution in [0.3, 0.4) is 0 Å². The molecular formula is C12H16BrNOS. The lowest BCUT2D eigenvalue weighted by Gasteiger charge is -2.15. The second-order valence-electron chi connectivity index (χ2n) is 4.15. The highest BCUT2D eigenvalue weighted by Crippen LogP contribution is 2.26. The highest BCUT2D eigenvalue weighted by molar-refractivity contribution is 9.09. The van der Waals surface area contributed by atoms with Gasteiger partial charge < -0.3 is 5.32 Å². The first-order valence-electron chi connectivity index (χ1n) is 5.74. The monoisotopic (exact) mass is 301 g/mol. The maximum atomic E-state index is 12.0. The predicted octanol–water partition coefficient (Wildman–Crippen LogP) is 3.36. The number of rotatable bonds is 3. The van der Waals surface area contributed by atoms with Gasteiger partial charge in [0.1, 0.15) is 0 Å². The Kier molecular flexibility index (Phi) is 4.03. The van der Waals surface area contributed by atoms with E-state index in [4.69, 9.17) is 0 Å². The molecule has 4 heteroatoms. The summed E-state index contributed by atoms with van der Waals surface area (Å²) in [7, 11) is 0. The minimum atomic E-state index is 0.0843. The van der Waals surface area contributed by atoms with Crippen LogP contribution in [0.2, 0.25) is 0 Å². The van der Waals surface area contributed by atoms with Crippen LogP contribution in [0.4, 0.5) is 0 Å². The number of amides is 1. The third-order valence-electron chi connectivity index (χ3n) is 2.98. The average Bonchev–Trinajstić information content (AvgIpc) is 2.88. The summed E-state index contributed by atoms with van der Waals surface area (Å²) >= 11 is 5.21. The standard InChI is InChI=1S/C12H16BrNOS/c1-2-8-6-7-11(16-8)12(15)14-10-5-3-4-9(10)13/h6-7,9-10H,2-5H2,1H3,(H,14,15). The first kappa shape index (κ1) is 12.1. The molecule has 1 N–H and O–H groups in total. The highest BCUT2D eigenvalue weighted by Gasteiger charge is 2.26. The molecule has 1 amide bonds. The first-order valence-corrected chi connectivity index (χ1v) is 7.47. The number of carbonyl (C=O) groups excluding carboxylic acids is 1. The van der Waals surface area contributed by atoms with Crippen LogP contribution in [0.15, 0.2) is 12.1 Å². The molecule has 2 unspecified atom stereocenters. The quantitative estimate of drug-likeness (QED) is 0.852. The van der Waals surface area contributed by atoms with Crippen LogP contribution in [0, 0.1) is 0 Å². The summed E-state index contributed by atoms with van der Waals surface area (Å²) in [5, 5.41) is 3.11. The fourth-order valence-electron chi connectivity index (χ4n) is 2.01. The maximum absolute atomic E-state index is 12.0. The molecule has 1 aromatic rings. The Hall–Kier alpha value is -0.350. The summed E-state index contributed by atoms with van der Waals surface area (Å²) in [5.41, 5.74) is 0. The van der Waals surface area contributed by atoms with E-state index >= 15 is 0 Å². The van der Waals surface area contributed by atoms with Crippen molar-refractivity contribution < 1.29 is 4.79 Å². The van der Waals surface area contributed by atoms with E-state index < -0.39 is 0 Å². The van der Waals surface area contributed by atoms with Crippen molar-refractivity contribution in [3.05, 3.63) is 21.9 Å². The number of thiophene rings is 1. The largest absolute Gasteiger partial charge is 0.347 e. The molecule has 1 fully saturated rings. The molecule has 2 nitrogen and oxygen atoms in total. The van der Waals surface area contributed by atoms with E-state index in [1.165, 1.54) is 11.3 Å². The van der Waals surface area contributed by atoms with Gasteiger partial charge in [0.2, 0.25) is 0 Å². The number of hydrogen-bond donors (Lipinski definition) is 1. The summed E-state index contributed by atoms with van der Waals surface area (Å²) < 4.78 is 0. The fourth-order valence-corrected chi connectivity index (χ4v) is 3.58. The van der Waals surface area contributed by atoms with Crippen molar-refractivity contribution in [2.24, 2.45) is 0 Å². The molecule has 2 atom stereocenters. The van der Waals surface area contributed by atoms with Crippen molar-refractivity contribution in [1.29, 1.82) is 0 Å². The van der Waals surface area contributed by atoms with Gasteiger partial charge >= 0.3 is 0 Å². The molecule has 1 heterocycles. The van der Waals surface area contributed by atoms with Crippen LogP contribution < -0.4 is 5.32 Å². The molecule has 1 saturated carbocycles. The third-order valence-corrected chi connectivity index (χ3v) is 5.31. The van der Waals surface area contributed by atoms with Crippen molar-refractivity contribution in [1.82, 2.24) is 5.32 Å². The number of aryl methyl sites for hydroxylation is 1. The van der Waals surface area contributed by atoms with Gasteiger partial charge in [-0.3, -0.25) is 4.79 Å². The van der Waals surface area contributed by atoms with Crippen LogP contribution in [-0.4, -0.2) is 16.8 Å². The van der Waals surface area contributed by atoms with E-state index in [-0.39, 0.29) is 5.91 Å². The Morgan fingerprint density at radius 2 is 2.38 bits per heavy atom. The Morgan fingerprint density at radius 1 is 1.56 bits per heavy atom. The van der Waals surface area contributed by atoms with Crippen LogP contribution in [0.25, 0.3) is 0 Å². The zero-order chi connectivity index (χ0) is 11.5. The molecule has 88 valence electrons. The Morgan fingerprint density at radius 3 is 2.94 bits per heavy atom. The molecule has 0 bridgehead atoms. The van der Waals surface area contributed by atoms with E-state index in [9.17, 15) is 4.79 Å². The average molecular weight is 302 g/mol. The van der Waals surface area contributed by atoms with E-state index in [1.807, 2.05) is 12.1 Å².